The first-order valence-corrected chi connectivity index (χ1v) is 20.4. The van der Waals surface area contributed by atoms with E-state index in [1.54, 1.807) is 31.4 Å². The number of hydrogen-bond acceptors (Lipinski definition) is 5. The highest BCUT2D eigenvalue weighted by Gasteiger charge is 2.50. The van der Waals surface area contributed by atoms with Gasteiger partial charge >= 0.3 is 0 Å². The summed E-state index contributed by atoms with van der Waals surface area (Å²) in [6, 6.07) is 8.63. The van der Waals surface area contributed by atoms with Crippen molar-refractivity contribution in [2.75, 3.05) is 7.11 Å². The molecule has 0 fully saturated rings. The van der Waals surface area contributed by atoms with Crippen LogP contribution < -0.4 is 0 Å². The van der Waals surface area contributed by atoms with E-state index in [0.717, 1.165) is 0 Å². The van der Waals surface area contributed by atoms with Crippen molar-refractivity contribution in [3.8, 4) is 0 Å². The van der Waals surface area contributed by atoms with Crippen molar-refractivity contribution in [1.29, 1.82) is 0 Å². The molecular formula is C28H50O5SSi2. The smallest absolute Gasteiger partial charge is 0.205 e. The quantitative estimate of drug-likeness (QED) is 0.328. The largest absolute Gasteiger partial charge is 0.413 e. The maximum absolute atomic E-state index is 14.0. The zero-order valence-corrected chi connectivity index (χ0v) is 27.6. The molecule has 0 radical (unpaired) electrons. The molecule has 0 aromatic heterocycles. The summed E-state index contributed by atoms with van der Waals surface area (Å²) < 4.78 is 48.1. The lowest BCUT2D eigenvalue weighted by atomic mass is 9.90. The zero-order chi connectivity index (χ0) is 27.9. The molecule has 0 amide bonds. The van der Waals surface area contributed by atoms with Crippen LogP contribution in [0.25, 0.3) is 0 Å². The third kappa shape index (κ3) is 6.43. The van der Waals surface area contributed by atoms with E-state index in [1.807, 2.05) is 12.1 Å². The lowest BCUT2D eigenvalue weighted by molar-refractivity contribution is -0.0415. The Morgan fingerprint density at radius 3 is 1.64 bits per heavy atom. The van der Waals surface area contributed by atoms with Crippen molar-refractivity contribution in [2.24, 2.45) is 11.8 Å². The minimum absolute atomic E-state index is 0.0256. The Hall–Kier alpha value is -0.776. The molecule has 1 aromatic carbocycles. The average molecular weight is 555 g/mol. The van der Waals surface area contributed by atoms with Crippen molar-refractivity contribution in [3.05, 3.63) is 41.3 Å². The molecule has 0 saturated heterocycles. The summed E-state index contributed by atoms with van der Waals surface area (Å²) >= 11 is 0. The molecule has 0 aliphatic heterocycles. The van der Waals surface area contributed by atoms with Crippen molar-refractivity contribution in [3.63, 3.8) is 0 Å². The van der Waals surface area contributed by atoms with Crippen LogP contribution in [-0.2, 0) is 23.4 Å². The number of methoxy groups -OCH3 is 1. The molecule has 36 heavy (non-hydrogen) atoms. The molecule has 5 atom stereocenters. The fourth-order valence-electron chi connectivity index (χ4n) is 4.20. The summed E-state index contributed by atoms with van der Waals surface area (Å²) in [5.41, 5.74) is 0. The second kappa shape index (κ2) is 10.8. The van der Waals surface area contributed by atoms with Gasteiger partial charge in [-0.05, 0) is 48.4 Å². The summed E-state index contributed by atoms with van der Waals surface area (Å²) in [5, 5.41) is -0.0151. The number of ether oxygens (including phenoxy) is 1. The van der Waals surface area contributed by atoms with E-state index in [0.29, 0.717) is 0 Å². The van der Waals surface area contributed by atoms with Gasteiger partial charge in [0, 0.05) is 18.9 Å². The molecule has 0 spiro atoms. The van der Waals surface area contributed by atoms with Crippen LogP contribution in [0.15, 0.2) is 46.2 Å². The number of hydrogen-bond donors (Lipinski definition) is 0. The van der Waals surface area contributed by atoms with Gasteiger partial charge in [0.15, 0.2) is 16.6 Å². The Balaban J connectivity index is 2.74. The first kappa shape index (κ1) is 31.4. The summed E-state index contributed by atoms with van der Waals surface area (Å²) in [7, 11) is -6.63. The minimum atomic E-state index is -3.80. The van der Waals surface area contributed by atoms with Gasteiger partial charge in [0.25, 0.3) is 0 Å². The van der Waals surface area contributed by atoms with E-state index in [2.05, 4.69) is 81.6 Å². The van der Waals surface area contributed by atoms with Gasteiger partial charge in [-0.3, -0.25) is 0 Å². The van der Waals surface area contributed by atoms with E-state index in [9.17, 15) is 8.42 Å². The summed E-state index contributed by atoms with van der Waals surface area (Å²) in [5.74, 6) is -0.207. The summed E-state index contributed by atoms with van der Waals surface area (Å²) in [6.45, 7) is 26.4. The average Bonchev–Trinajstić information content (AvgIpc) is 2.83. The van der Waals surface area contributed by atoms with Crippen molar-refractivity contribution >= 4 is 26.5 Å². The van der Waals surface area contributed by atoms with Crippen molar-refractivity contribution in [1.82, 2.24) is 0 Å². The molecule has 2 rings (SSSR count). The van der Waals surface area contributed by atoms with Gasteiger partial charge in [0.1, 0.15) is 6.10 Å². The predicted molar refractivity (Wildman–Crippen MR) is 155 cm³/mol. The highest BCUT2D eigenvalue weighted by molar-refractivity contribution is 7.95. The maximum Gasteiger partial charge on any atom is 0.205 e. The summed E-state index contributed by atoms with van der Waals surface area (Å²) in [4.78, 5) is 0.550. The number of benzene rings is 1. The highest BCUT2D eigenvalue weighted by Crippen LogP contribution is 2.45. The van der Waals surface area contributed by atoms with Crippen LogP contribution in [0.2, 0.25) is 36.3 Å². The third-order valence-corrected chi connectivity index (χ3v) is 19.5. The Morgan fingerprint density at radius 1 is 0.778 bits per heavy atom. The van der Waals surface area contributed by atoms with Crippen molar-refractivity contribution in [2.45, 2.75) is 115 Å². The molecule has 1 aromatic rings. The third-order valence-electron chi connectivity index (χ3n) is 8.65. The maximum atomic E-state index is 14.0. The molecule has 0 bridgehead atoms. The molecule has 0 heterocycles. The first-order valence-electron chi connectivity index (χ1n) is 13.1. The molecule has 5 nitrogen and oxygen atoms in total. The van der Waals surface area contributed by atoms with E-state index >= 15 is 0 Å². The van der Waals surface area contributed by atoms with E-state index in [4.69, 9.17) is 13.6 Å². The van der Waals surface area contributed by atoms with Gasteiger partial charge in [-0.1, -0.05) is 79.7 Å². The van der Waals surface area contributed by atoms with Gasteiger partial charge in [0.05, 0.1) is 22.0 Å². The molecule has 206 valence electrons. The Kier molecular flexibility index (Phi) is 9.41. The minimum Gasteiger partial charge on any atom is -0.413 e. The van der Waals surface area contributed by atoms with E-state index < -0.39 is 38.7 Å². The molecule has 1 aliphatic rings. The molecule has 0 N–H and O–H groups in total. The standard InChI is InChI=1S/C28H50O5SSi2/c1-20-19-23(34(29,30)22-17-15-14-16-18-22)26(31-9)25(33-36(12,13)28(6,7)8)21(2)24(20)32-35(10,11)27(3,4)5/h14-21,24-26H,1-13H3/t20-,21+,24+,25-,26+/m0/s1. The van der Waals surface area contributed by atoms with Gasteiger partial charge < -0.3 is 13.6 Å². The fourth-order valence-corrected chi connectivity index (χ4v) is 8.75. The Labute approximate surface area is 223 Å². The van der Waals surface area contributed by atoms with Gasteiger partial charge in [-0.2, -0.15) is 0 Å². The van der Waals surface area contributed by atoms with Crippen LogP contribution in [0.3, 0.4) is 0 Å². The molecular weight excluding hydrogens is 505 g/mol. The first-order chi connectivity index (χ1) is 16.2. The molecule has 8 heteroatoms. The second-order valence-corrected chi connectivity index (χ2v) is 24.9. The van der Waals surface area contributed by atoms with Crippen LogP contribution in [0.5, 0.6) is 0 Å². The monoisotopic (exact) mass is 554 g/mol. The molecule has 0 saturated carbocycles. The van der Waals surface area contributed by atoms with Gasteiger partial charge in [-0.25, -0.2) is 8.42 Å². The van der Waals surface area contributed by atoms with Crippen molar-refractivity contribution < 1.29 is 22.0 Å². The van der Waals surface area contributed by atoms with E-state index in [1.165, 1.54) is 0 Å². The fraction of sp³-hybridized carbons (Fsp3) is 0.714. The van der Waals surface area contributed by atoms with Crippen LogP contribution in [0.1, 0.15) is 55.4 Å². The predicted octanol–water partition coefficient (Wildman–Crippen LogP) is 7.43. The number of rotatable bonds is 7. The normalized spacial score (nSPS) is 26.9. The second-order valence-electron chi connectivity index (χ2n) is 13.4. The zero-order valence-electron chi connectivity index (χ0n) is 24.8. The van der Waals surface area contributed by atoms with Crippen LogP contribution in [0, 0.1) is 11.8 Å². The Morgan fingerprint density at radius 2 is 1.22 bits per heavy atom. The van der Waals surface area contributed by atoms with Gasteiger partial charge in [0.2, 0.25) is 9.84 Å². The SMILES string of the molecule is CO[C@@H]1C(S(=O)(=O)c2ccccc2)=C[C@H](C)[C@@H](O[Si](C)(C)C(C)(C)C)[C@@H](C)[C@@H]1O[Si](C)(C)C(C)(C)C. The lowest BCUT2D eigenvalue weighted by Gasteiger charge is -2.46. The molecule has 0 unspecified atom stereocenters. The van der Waals surface area contributed by atoms with Crippen LogP contribution >= 0.6 is 0 Å². The number of sulfone groups is 1. The van der Waals surface area contributed by atoms with Crippen LogP contribution in [-0.4, -0.2) is 50.5 Å². The highest BCUT2D eigenvalue weighted by atomic mass is 32.2. The topological polar surface area (TPSA) is 61.8 Å². The van der Waals surface area contributed by atoms with E-state index in [-0.39, 0.29) is 37.8 Å². The molecule has 1 aliphatic carbocycles. The van der Waals surface area contributed by atoms with Gasteiger partial charge in [-0.15, -0.1) is 0 Å². The van der Waals surface area contributed by atoms with Crippen LogP contribution in [0.4, 0.5) is 0 Å². The summed E-state index contributed by atoms with van der Waals surface area (Å²) in [6.07, 6.45) is 0.497. The lowest BCUT2D eigenvalue weighted by Crippen LogP contribution is -2.54. The Bertz CT molecular complexity index is 1020.